The molecule has 2 aliphatic rings. The minimum atomic E-state index is -1.86. The highest BCUT2D eigenvalue weighted by Crippen LogP contribution is 2.46. The molecule has 0 spiro atoms. The second-order valence-electron chi connectivity index (χ2n) is 12.2. The summed E-state index contributed by atoms with van der Waals surface area (Å²) in [5.41, 5.74) is 1.31. The summed E-state index contributed by atoms with van der Waals surface area (Å²) in [5, 5.41) is 36.7. The van der Waals surface area contributed by atoms with Gasteiger partial charge in [0, 0.05) is 42.9 Å². The fraction of sp³-hybridized carbons (Fsp3) is 0.457. The number of allylic oxidation sites excluding steroid dienone is 1. The molecule has 4 N–H and O–H groups in total. The number of hydrogen-bond acceptors (Lipinski definition) is 9. The minimum absolute atomic E-state index is 0.0840. The summed E-state index contributed by atoms with van der Waals surface area (Å²) in [7, 11) is 1.35. The number of hydrogen-bond donors (Lipinski definition) is 4. The fourth-order valence-electron chi connectivity index (χ4n) is 6.31. The summed E-state index contributed by atoms with van der Waals surface area (Å²) < 4.78 is 6.44. The van der Waals surface area contributed by atoms with Gasteiger partial charge in [0.1, 0.15) is 0 Å². The summed E-state index contributed by atoms with van der Waals surface area (Å²) in [4.78, 5) is 39.9. The molecule has 1 aromatic heterocycles. The van der Waals surface area contributed by atoms with E-state index in [0.29, 0.717) is 55.0 Å². The lowest BCUT2D eigenvalue weighted by Crippen LogP contribution is -2.44. The number of unbranched alkanes of at least 4 members (excludes halogenated alkanes) is 1. The molecule has 2 aromatic carbocycles. The van der Waals surface area contributed by atoms with Crippen molar-refractivity contribution in [3.63, 3.8) is 0 Å². The smallest absolute Gasteiger partial charge is 0.305 e. The SMILES string of the molecule is COC(=O)CCCCN1C(=O)[C@@](O)([C@@H](C)/C=C/CCn2cc(C(CO)c3ccccc3)nn2)c2cc(NC(=O)[C@H]3CCCN3)ccc21. The Bertz CT molecular complexity index is 1570. The van der Waals surface area contributed by atoms with E-state index in [0.717, 1.165) is 24.9 Å². The average Bonchev–Trinajstić information content (AvgIpc) is 3.84. The maximum atomic E-state index is 13.9. The van der Waals surface area contributed by atoms with E-state index in [2.05, 4.69) is 20.9 Å². The molecule has 0 aliphatic carbocycles. The number of nitrogens with zero attached hydrogens (tertiary/aromatic N) is 4. The number of anilines is 2. The van der Waals surface area contributed by atoms with Crippen LogP contribution in [0.5, 0.6) is 0 Å². The third-order valence-electron chi connectivity index (χ3n) is 9.06. The standard InChI is InChI=1S/C35H44N6O6/c1-24(11-6-8-19-40-22-30(38-39-40)27(23-42)25-12-4-3-5-13-25)35(46)28-21-26(37-33(44)29-14-10-18-36-29)16-17-31(28)41(34(35)45)20-9-7-15-32(43)47-2/h3-6,11-13,16-17,21-22,24,27,29,36,42,46H,7-10,14-15,18-20,23H2,1-2H3,(H,37,44)/b11-6+/t24-,27?,29+,35+/m0/s1. The van der Waals surface area contributed by atoms with Crippen molar-refractivity contribution in [3.05, 3.63) is 83.7 Å². The number of carbonyl (C=O) groups excluding carboxylic acids is 3. The van der Waals surface area contributed by atoms with Crippen LogP contribution >= 0.6 is 0 Å². The number of benzene rings is 2. The topological polar surface area (TPSA) is 159 Å². The van der Waals surface area contributed by atoms with Crippen LogP contribution < -0.4 is 15.5 Å². The first-order valence-corrected chi connectivity index (χ1v) is 16.3. The highest BCUT2D eigenvalue weighted by Gasteiger charge is 2.52. The van der Waals surface area contributed by atoms with Crippen LogP contribution in [0.15, 0.2) is 66.9 Å². The third kappa shape index (κ3) is 7.61. The van der Waals surface area contributed by atoms with E-state index in [1.165, 1.54) is 7.11 Å². The molecule has 2 amide bonds. The van der Waals surface area contributed by atoms with E-state index in [1.54, 1.807) is 34.7 Å². The molecule has 5 rings (SSSR count). The molecular weight excluding hydrogens is 600 g/mol. The van der Waals surface area contributed by atoms with Crippen molar-refractivity contribution in [1.29, 1.82) is 0 Å². The molecule has 1 unspecified atom stereocenters. The lowest BCUT2D eigenvalue weighted by atomic mass is 9.82. The number of aryl methyl sites for hydroxylation is 1. The fourth-order valence-corrected chi connectivity index (χ4v) is 6.31. The van der Waals surface area contributed by atoms with Crippen molar-refractivity contribution in [2.45, 2.75) is 69.6 Å². The number of nitrogens with one attached hydrogen (secondary N) is 2. The number of methoxy groups -OCH3 is 1. The second kappa shape index (κ2) is 15.5. The van der Waals surface area contributed by atoms with Crippen molar-refractivity contribution in [3.8, 4) is 0 Å². The van der Waals surface area contributed by atoms with Gasteiger partial charge in [0.15, 0.2) is 5.60 Å². The Hall–Kier alpha value is -4.39. The minimum Gasteiger partial charge on any atom is -0.469 e. The monoisotopic (exact) mass is 644 g/mol. The number of rotatable bonds is 15. The number of aromatic nitrogens is 3. The van der Waals surface area contributed by atoms with Gasteiger partial charge in [-0.2, -0.15) is 0 Å². The number of ether oxygens (including phenoxy) is 1. The highest BCUT2D eigenvalue weighted by molar-refractivity contribution is 6.08. The summed E-state index contributed by atoms with van der Waals surface area (Å²) in [6.07, 6.45) is 9.15. The lowest BCUT2D eigenvalue weighted by Gasteiger charge is -2.28. The Morgan fingerprint density at radius 3 is 2.72 bits per heavy atom. The second-order valence-corrected chi connectivity index (χ2v) is 12.2. The molecule has 12 heteroatoms. The normalized spacial score (nSPS) is 20.4. The van der Waals surface area contributed by atoms with Gasteiger partial charge in [0.25, 0.3) is 5.91 Å². The third-order valence-corrected chi connectivity index (χ3v) is 9.06. The zero-order valence-electron chi connectivity index (χ0n) is 27.0. The largest absolute Gasteiger partial charge is 0.469 e. The number of carbonyl (C=O) groups is 3. The first-order chi connectivity index (χ1) is 22.8. The van der Waals surface area contributed by atoms with Crippen LogP contribution in [0.4, 0.5) is 11.4 Å². The maximum Gasteiger partial charge on any atom is 0.305 e. The number of aliphatic hydroxyl groups excluding tert-OH is 1. The molecule has 1 saturated heterocycles. The molecule has 12 nitrogen and oxygen atoms in total. The number of aliphatic hydroxyl groups is 2. The molecule has 250 valence electrons. The van der Waals surface area contributed by atoms with Gasteiger partial charge in [-0.1, -0.05) is 54.6 Å². The Morgan fingerprint density at radius 1 is 1.19 bits per heavy atom. The Morgan fingerprint density at radius 2 is 2.00 bits per heavy atom. The molecule has 4 atom stereocenters. The average molecular weight is 645 g/mol. The van der Waals surface area contributed by atoms with Crippen molar-refractivity contribution in [2.75, 3.05) is 37.0 Å². The van der Waals surface area contributed by atoms with Crippen LogP contribution in [0.2, 0.25) is 0 Å². The van der Waals surface area contributed by atoms with Gasteiger partial charge in [-0.15, -0.1) is 5.10 Å². The lowest BCUT2D eigenvalue weighted by molar-refractivity contribution is -0.140. The van der Waals surface area contributed by atoms with Crippen LogP contribution in [-0.2, 0) is 31.3 Å². The molecule has 2 aliphatic heterocycles. The molecular formula is C35H44N6O6. The van der Waals surface area contributed by atoms with Crippen LogP contribution in [0.3, 0.4) is 0 Å². The van der Waals surface area contributed by atoms with E-state index in [9.17, 15) is 24.6 Å². The summed E-state index contributed by atoms with van der Waals surface area (Å²) >= 11 is 0. The van der Waals surface area contributed by atoms with E-state index in [4.69, 9.17) is 4.74 Å². The van der Waals surface area contributed by atoms with E-state index in [-0.39, 0.29) is 36.9 Å². The number of esters is 1. The predicted octanol–water partition coefficient (Wildman–Crippen LogP) is 3.25. The summed E-state index contributed by atoms with van der Waals surface area (Å²) in [5.74, 6) is -1.76. The van der Waals surface area contributed by atoms with Crippen molar-refractivity contribution >= 4 is 29.2 Å². The van der Waals surface area contributed by atoms with Crippen molar-refractivity contribution in [1.82, 2.24) is 20.3 Å². The van der Waals surface area contributed by atoms with Crippen LogP contribution in [-0.4, -0.2) is 75.8 Å². The van der Waals surface area contributed by atoms with Gasteiger partial charge in [0.05, 0.1) is 37.1 Å². The molecule has 47 heavy (non-hydrogen) atoms. The van der Waals surface area contributed by atoms with Gasteiger partial charge in [-0.25, -0.2) is 0 Å². The van der Waals surface area contributed by atoms with Gasteiger partial charge in [-0.05, 0) is 62.4 Å². The van der Waals surface area contributed by atoms with Gasteiger partial charge < -0.3 is 30.5 Å². The first-order valence-electron chi connectivity index (χ1n) is 16.3. The predicted molar refractivity (Wildman–Crippen MR) is 177 cm³/mol. The summed E-state index contributed by atoms with van der Waals surface area (Å²) in [6.45, 7) is 3.35. The van der Waals surface area contributed by atoms with Crippen LogP contribution in [0.25, 0.3) is 0 Å². The van der Waals surface area contributed by atoms with E-state index >= 15 is 0 Å². The quantitative estimate of drug-likeness (QED) is 0.111. The van der Waals surface area contributed by atoms with Crippen molar-refractivity contribution < 1.29 is 29.3 Å². The molecule has 0 saturated carbocycles. The van der Waals surface area contributed by atoms with Gasteiger partial charge in [-0.3, -0.25) is 19.1 Å². The molecule has 3 heterocycles. The van der Waals surface area contributed by atoms with Crippen LogP contribution in [0, 0.1) is 5.92 Å². The zero-order chi connectivity index (χ0) is 33.4. The Labute approximate surface area is 274 Å². The first kappa shape index (κ1) is 34.0. The summed E-state index contributed by atoms with van der Waals surface area (Å²) in [6, 6.07) is 14.6. The molecule has 1 fully saturated rings. The van der Waals surface area contributed by atoms with E-state index < -0.39 is 17.4 Å². The molecule has 0 bridgehead atoms. The van der Waals surface area contributed by atoms with Crippen molar-refractivity contribution in [2.24, 2.45) is 5.92 Å². The Balaban J connectivity index is 1.29. The zero-order valence-corrected chi connectivity index (χ0v) is 27.0. The number of fused-ring (bicyclic) bond motifs is 1. The van der Waals surface area contributed by atoms with E-state index in [1.807, 2.05) is 48.7 Å². The molecule has 0 radical (unpaired) electrons. The van der Waals surface area contributed by atoms with Gasteiger partial charge >= 0.3 is 5.97 Å². The van der Waals surface area contributed by atoms with Gasteiger partial charge in [0.2, 0.25) is 5.91 Å². The highest BCUT2D eigenvalue weighted by atomic mass is 16.5. The Kier molecular flexibility index (Phi) is 11.2. The van der Waals surface area contributed by atoms with Crippen LogP contribution in [0.1, 0.15) is 68.2 Å². The molecule has 3 aromatic rings. The number of amides is 2. The maximum absolute atomic E-state index is 13.9.